The Labute approximate surface area is 249 Å². The van der Waals surface area contributed by atoms with Gasteiger partial charge < -0.3 is 28.9 Å². The molecule has 3 saturated heterocycles. The Morgan fingerprint density at radius 2 is 0.548 bits per heavy atom. The summed E-state index contributed by atoms with van der Waals surface area (Å²) in [6.07, 6.45) is 0. The molecule has 4 aromatic rings. The third-order valence-corrected chi connectivity index (χ3v) is 8.66. The molecule has 4 aromatic carbocycles. The van der Waals surface area contributed by atoms with Gasteiger partial charge in [0.1, 0.15) is 0 Å². The molecule has 0 bridgehead atoms. The molecule has 0 aliphatic carbocycles. The van der Waals surface area contributed by atoms with Gasteiger partial charge in [-0.15, -0.1) is 0 Å². The number of ether oxygens (including phenoxy) is 3. The number of nitrogens with zero attached hydrogens (tertiary/aromatic N) is 3. The van der Waals surface area contributed by atoms with E-state index in [2.05, 4.69) is 106 Å². The average molecular weight is 562 g/mol. The molecule has 0 radical (unpaired) electrons. The number of hydrogen-bond acceptors (Lipinski definition) is 6. The first-order valence-electron chi connectivity index (χ1n) is 15.2. The fraction of sp³-hybridized carbons (Fsp3) is 0.333. The summed E-state index contributed by atoms with van der Waals surface area (Å²) >= 11 is 0. The molecule has 0 unspecified atom stereocenters. The summed E-state index contributed by atoms with van der Waals surface area (Å²) in [6.45, 7) is 10.4. The van der Waals surface area contributed by atoms with Gasteiger partial charge in [-0.1, -0.05) is 36.4 Å². The molecule has 0 amide bonds. The van der Waals surface area contributed by atoms with Crippen molar-refractivity contribution in [2.24, 2.45) is 0 Å². The van der Waals surface area contributed by atoms with Crippen LogP contribution in [0.15, 0.2) is 91.0 Å². The molecular weight excluding hydrogens is 522 g/mol. The number of hydrogen-bond donors (Lipinski definition) is 0. The van der Waals surface area contributed by atoms with E-state index >= 15 is 0 Å². The predicted molar refractivity (Wildman–Crippen MR) is 172 cm³/mol. The van der Waals surface area contributed by atoms with Gasteiger partial charge in [-0.25, -0.2) is 0 Å². The first-order chi connectivity index (χ1) is 20.8. The van der Waals surface area contributed by atoms with Crippen LogP contribution in [0, 0.1) is 0 Å². The molecule has 3 heterocycles. The molecule has 3 fully saturated rings. The van der Waals surface area contributed by atoms with E-state index in [0.29, 0.717) is 0 Å². The molecule has 3 aliphatic rings. The van der Waals surface area contributed by atoms with Gasteiger partial charge in [0.05, 0.1) is 39.6 Å². The van der Waals surface area contributed by atoms with Crippen molar-refractivity contribution in [3.63, 3.8) is 0 Å². The number of morpholine rings is 3. The summed E-state index contributed by atoms with van der Waals surface area (Å²) in [5, 5.41) is 0. The first kappa shape index (κ1) is 27.0. The second-order valence-electron chi connectivity index (χ2n) is 11.2. The van der Waals surface area contributed by atoms with E-state index in [1.165, 1.54) is 50.4 Å². The number of benzene rings is 4. The van der Waals surface area contributed by atoms with Crippen LogP contribution in [0.2, 0.25) is 0 Å². The van der Waals surface area contributed by atoms with E-state index in [1.54, 1.807) is 0 Å². The van der Waals surface area contributed by atoms with Gasteiger partial charge >= 0.3 is 0 Å². The topological polar surface area (TPSA) is 37.4 Å². The van der Waals surface area contributed by atoms with Crippen molar-refractivity contribution < 1.29 is 14.2 Å². The molecule has 3 aliphatic heterocycles. The smallest absolute Gasteiger partial charge is 0.0642 e. The maximum atomic E-state index is 5.55. The quantitative estimate of drug-likeness (QED) is 0.279. The predicted octanol–water partition coefficient (Wildman–Crippen LogP) is 6.20. The number of rotatable bonds is 6. The second kappa shape index (κ2) is 12.6. The maximum absolute atomic E-state index is 5.55. The van der Waals surface area contributed by atoms with Crippen LogP contribution in [0.5, 0.6) is 0 Å². The molecule has 216 valence electrons. The van der Waals surface area contributed by atoms with Crippen LogP contribution in [-0.4, -0.2) is 78.9 Å². The fourth-order valence-electron chi connectivity index (χ4n) is 6.19. The van der Waals surface area contributed by atoms with E-state index in [-0.39, 0.29) is 0 Å². The molecule has 0 aromatic heterocycles. The number of anilines is 3. The van der Waals surface area contributed by atoms with Crippen LogP contribution in [-0.2, 0) is 14.2 Å². The first-order valence-corrected chi connectivity index (χ1v) is 15.2. The van der Waals surface area contributed by atoms with Crippen molar-refractivity contribution in [3.8, 4) is 33.4 Å². The van der Waals surface area contributed by atoms with Crippen molar-refractivity contribution in [2.45, 2.75) is 0 Å². The zero-order valence-corrected chi connectivity index (χ0v) is 24.2. The lowest BCUT2D eigenvalue weighted by Crippen LogP contribution is -2.36. The zero-order chi connectivity index (χ0) is 28.1. The van der Waals surface area contributed by atoms with Crippen molar-refractivity contribution in [1.29, 1.82) is 0 Å². The molecule has 7 rings (SSSR count). The highest BCUT2D eigenvalue weighted by Crippen LogP contribution is 2.35. The highest BCUT2D eigenvalue weighted by molar-refractivity contribution is 5.82. The van der Waals surface area contributed by atoms with E-state index in [9.17, 15) is 0 Å². The van der Waals surface area contributed by atoms with Crippen LogP contribution in [0.4, 0.5) is 17.1 Å². The van der Waals surface area contributed by atoms with Gasteiger partial charge in [-0.3, -0.25) is 0 Å². The van der Waals surface area contributed by atoms with E-state index in [1.807, 2.05) is 0 Å². The van der Waals surface area contributed by atoms with Crippen molar-refractivity contribution in [2.75, 3.05) is 93.6 Å². The minimum absolute atomic E-state index is 0.793. The molecule has 0 atom stereocenters. The highest BCUT2D eigenvalue weighted by Gasteiger charge is 2.15. The van der Waals surface area contributed by atoms with Crippen LogP contribution < -0.4 is 14.7 Å². The third-order valence-electron chi connectivity index (χ3n) is 8.66. The van der Waals surface area contributed by atoms with E-state index in [4.69, 9.17) is 14.2 Å². The Kier molecular flexibility index (Phi) is 8.09. The summed E-state index contributed by atoms with van der Waals surface area (Å²) in [4.78, 5) is 7.21. The van der Waals surface area contributed by atoms with E-state index in [0.717, 1.165) is 78.9 Å². The third kappa shape index (κ3) is 6.02. The van der Waals surface area contributed by atoms with Gasteiger partial charge in [-0.2, -0.15) is 0 Å². The lowest BCUT2D eigenvalue weighted by molar-refractivity contribution is 0.122. The van der Waals surface area contributed by atoms with Crippen LogP contribution in [0.3, 0.4) is 0 Å². The lowest BCUT2D eigenvalue weighted by atomic mass is 9.93. The van der Waals surface area contributed by atoms with Gasteiger partial charge in [0.15, 0.2) is 0 Å². The molecular formula is C36H39N3O3. The Hall–Kier alpha value is -3.84. The summed E-state index contributed by atoms with van der Waals surface area (Å²) in [6, 6.07) is 34.1. The second-order valence-corrected chi connectivity index (χ2v) is 11.2. The van der Waals surface area contributed by atoms with Crippen LogP contribution >= 0.6 is 0 Å². The molecule has 6 heteroatoms. The molecule has 0 spiro atoms. The Morgan fingerprint density at radius 1 is 0.310 bits per heavy atom. The van der Waals surface area contributed by atoms with E-state index < -0.39 is 0 Å². The molecule has 6 nitrogen and oxygen atoms in total. The standard InChI is InChI=1S/C36H39N3O3/c1-7-34(37-13-19-40-20-14-37)8-2-28(1)31-25-32(29-3-9-35(10-4-29)38-15-21-41-22-16-38)27-33(26-31)30-5-11-36(12-6-30)39-17-23-42-24-18-39/h1-12,25-27H,13-24H2. The van der Waals surface area contributed by atoms with Crippen LogP contribution in [0.1, 0.15) is 0 Å². The Morgan fingerprint density at radius 3 is 0.786 bits per heavy atom. The van der Waals surface area contributed by atoms with Gasteiger partial charge in [-0.05, 0) is 88.0 Å². The van der Waals surface area contributed by atoms with Crippen molar-refractivity contribution in [3.05, 3.63) is 91.0 Å². The Balaban J connectivity index is 1.22. The Bertz CT molecular complexity index is 1260. The highest BCUT2D eigenvalue weighted by atomic mass is 16.5. The largest absolute Gasteiger partial charge is 0.378 e. The summed E-state index contributed by atoms with van der Waals surface area (Å²) in [5.41, 5.74) is 11.1. The molecule has 0 N–H and O–H groups in total. The fourth-order valence-corrected chi connectivity index (χ4v) is 6.19. The van der Waals surface area contributed by atoms with Gasteiger partial charge in [0, 0.05) is 56.3 Å². The summed E-state index contributed by atoms with van der Waals surface area (Å²) in [7, 11) is 0. The van der Waals surface area contributed by atoms with Crippen LogP contribution in [0.25, 0.3) is 33.4 Å². The molecule has 0 saturated carbocycles. The van der Waals surface area contributed by atoms with Gasteiger partial charge in [0.2, 0.25) is 0 Å². The van der Waals surface area contributed by atoms with Gasteiger partial charge in [0.25, 0.3) is 0 Å². The average Bonchev–Trinajstić information content (AvgIpc) is 3.09. The maximum Gasteiger partial charge on any atom is 0.0642 e. The summed E-state index contributed by atoms with van der Waals surface area (Å²) < 4.78 is 16.7. The van der Waals surface area contributed by atoms with Crippen molar-refractivity contribution >= 4 is 17.1 Å². The monoisotopic (exact) mass is 561 g/mol. The minimum Gasteiger partial charge on any atom is -0.378 e. The SMILES string of the molecule is c1cc(N2CCOCC2)ccc1-c1cc(-c2ccc(N3CCOCC3)cc2)cc(-c2ccc(N3CCOCC3)cc2)c1. The lowest BCUT2D eigenvalue weighted by Gasteiger charge is -2.29. The normalized spacial score (nSPS) is 17.9. The molecule has 42 heavy (non-hydrogen) atoms. The van der Waals surface area contributed by atoms with Crippen molar-refractivity contribution in [1.82, 2.24) is 0 Å². The minimum atomic E-state index is 0.793. The zero-order valence-electron chi connectivity index (χ0n) is 24.2. The summed E-state index contributed by atoms with van der Waals surface area (Å²) in [5.74, 6) is 0.